The van der Waals surface area contributed by atoms with Crippen LogP contribution in [0.4, 0.5) is 0 Å². The van der Waals surface area contributed by atoms with Crippen LogP contribution in [-0.2, 0) is 4.79 Å². The summed E-state index contributed by atoms with van der Waals surface area (Å²) in [6.45, 7) is 6.80. The van der Waals surface area contributed by atoms with E-state index in [1.807, 2.05) is 11.2 Å². The monoisotopic (exact) mass is 396 g/mol. The molecule has 0 aromatic carbocycles. The van der Waals surface area contributed by atoms with E-state index < -0.39 is 5.41 Å². The molecule has 154 valence electrons. The summed E-state index contributed by atoms with van der Waals surface area (Å²) in [5.74, 6) is 0.957. The van der Waals surface area contributed by atoms with Gasteiger partial charge in [-0.15, -0.1) is 0 Å². The topological polar surface area (TPSA) is 71.6 Å². The number of nitrogens with zero attached hydrogens (tertiary/aromatic N) is 4. The number of amides is 2. The van der Waals surface area contributed by atoms with Gasteiger partial charge in [-0.25, -0.2) is 4.98 Å². The van der Waals surface area contributed by atoms with E-state index in [0.29, 0.717) is 30.8 Å². The third kappa shape index (κ3) is 3.07. The number of aromatic nitrogens is 2. The predicted octanol–water partition coefficient (Wildman–Crippen LogP) is 2.93. The lowest BCUT2D eigenvalue weighted by Gasteiger charge is -2.27. The number of likely N-dealkylation sites (tertiary alicyclic amines) is 2. The molecule has 2 saturated heterocycles. The van der Waals surface area contributed by atoms with Crippen LogP contribution in [0, 0.1) is 11.3 Å². The normalized spacial score (nSPS) is 27.0. The lowest BCUT2D eigenvalue weighted by atomic mass is 9.75. The van der Waals surface area contributed by atoms with Crippen molar-refractivity contribution >= 4 is 11.8 Å². The molecule has 3 fully saturated rings. The summed E-state index contributed by atoms with van der Waals surface area (Å²) in [5.41, 5.74) is 0.336. The Kier molecular flexibility index (Phi) is 4.29. The van der Waals surface area contributed by atoms with Crippen molar-refractivity contribution in [2.45, 2.75) is 45.1 Å². The van der Waals surface area contributed by atoms with E-state index in [2.05, 4.69) is 29.6 Å². The minimum atomic E-state index is -0.576. The first-order valence-corrected chi connectivity index (χ1v) is 10.6. The Bertz CT molecular complexity index is 914. The van der Waals surface area contributed by atoms with Crippen LogP contribution in [0.5, 0.6) is 0 Å². The highest BCUT2D eigenvalue weighted by molar-refractivity contribution is 5.94. The Morgan fingerprint density at radius 2 is 2.21 bits per heavy atom. The Labute approximate surface area is 170 Å². The molecule has 2 aromatic heterocycles. The molecule has 0 unspecified atom stereocenters. The Morgan fingerprint density at radius 3 is 2.86 bits per heavy atom. The number of imidazole rings is 1. The maximum absolute atomic E-state index is 13.6. The van der Waals surface area contributed by atoms with Gasteiger partial charge in [-0.3, -0.25) is 9.59 Å². The molecule has 1 spiro atoms. The summed E-state index contributed by atoms with van der Waals surface area (Å²) in [6.07, 6.45) is 8.63. The standard InChI is InChI=1S/C22H28N4O3/c1-15(2)26-12-18(23-14-26)17-11-25(20(27)19-4-3-9-29-19)13-22(17)7-8-24(21(22)28)10-16-5-6-16/h3-4,9,12,14-17H,5-8,10-11,13H2,1-2H3/t17-,22+/m1/s1. The van der Waals surface area contributed by atoms with Crippen LogP contribution in [0.15, 0.2) is 35.3 Å². The third-order valence-electron chi connectivity index (χ3n) is 6.85. The number of furan rings is 1. The van der Waals surface area contributed by atoms with Gasteiger partial charge in [-0.05, 0) is 51.2 Å². The minimum absolute atomic E-state index is 0.0851. The fourth-order valence-corrected chi connectivity index (χ4v) is 4.93. The molecule has 2 aromatic rings. The molecule has 2 amide bonds. The number of hydrogen-bond acceptors (Lipinski definition) is 4. The first-order valence-electron chi connectivity index (χ1n) is 10.6. The van der Waals surface area contributed by atoms with E-state index in [-0.39, 0.29) is 17.7 Å². The molecular weight excluding hydrogens is 368 g/mol. The van der Waals surface area contributed by atoms with E-state index >= 15 is 0 Å². The fourth-order valence-electron chi connectivity index (χ4n) is 4.93. The van der Waals surface area contributed by atoms with E-state index in [1.54, 1.807) is 17.0 Å². The lowest BCUT2D eigenvalue weighted by Crippen LogP contribution is -2.41. The van der Waals surface area contributed by atoms with Crippen molar-refractivity contribution in [1.82, 2.24) is 19.4 Å². The van der Waals surface area contributed by atoms with Crippen LogP contribution in [-0.4, -0.2) is 57.3 Å². The third-order valence-corrected chi connectivity index (χ3v) is 6.85. The smallest absolute Gasteiger partial charge is 0.289 e. The van der Waals surface area contributed by atoms with Crippen LogP contribution in [0.25, 0.3) is 0 Å². The van der Waals surface area contributed by atoms with Crippen molar-refractivity contribution in [2.75, 3.05) is 26.2 Å². The molecule has 7 heteroatoms. The summed E-state index contributed by atoms with van der Waals surface area (Å²) in [7, 11) is 0. The van der Waals surface area contributed by atoms with Crippen LogP contribution >= 0.6 is 0 Å². The van der Waals surface area contributed by atoms with Gasteiger partial charge in [-0.2, -0.15) is 0 Å². The van der Waals surface area contributed by atoms with Gasteiger partial charge < -0.3 is 18.8 Å². The van der Waals surface area contributed by atoms with E-state index in [0.717, 1.165) is 25.2 Å². The molecule has 2 aliphatic heterocycles. The Morgan fingerprint density at radius 1 is 1.38 bits per heavy atom. The van der Waals surface area contributed by atoms with Crippen LogP contribution in [0.1, 0.15) is 61.3 Å². The summed E-state index contributed by atoms with van der Waals surface area (Å²) < 4.78 is 7.41. The molecule has 5 rings (SSSR count). The Balaban J connectivity index is 1.47. The van der Waals surface area contributed by atoms with Crippen LogP contribution < -0.4 is 0 Å². The molecule has 0 N–H and O–H groups in total. The van der Waals surface area contributed by atoms with Crippen molar-refractivity contribution in [3.63, 3.8) is 0 Å². The SMILES string of the molecule is CC(C)n1cnc([C@H]2CN(C(=O)c3ccco3)C[C@@]23CCN(CC2CC2)C3=O)c1. The first kappa shape index (κ1) is 18.5. The van der Waals surface area contributed by atoms with E-state index in [4.69, 9.17) is 4.42 Å². The zero-order valence-electron chi connectivity index (χ0n) is 17.1. The van der Waals surface area contributed by atoms with Gasteiger partial charge in [0.25, 0.3) is 5.91 Å². The molecule has 1 saturated carbocycles. The molecule has 0 radical (unpaired) electrons. The molecule has 0 bridgehead atoms. The second-order valence-electron chi connectivity index (χ2n) is 9.16. The van der Waals surface area contributed by atoms with Crippen molar-refractivity contribution < 1.29 is 14.0 Å². The zero-order chi connectivity index (χ0) is 20.2. The average Bonchev–Trinajstić information content (AvgIpc) is 3.16. The van der Waals surface area contributed by atoms with Crippen molar-refractivity contribution in [2.24, 2.45) is 11.3 Å². The molecule has 7 nitrogen and oxygen atoms in total. The number of carbonyl (C=O) groups is 2. The van der Waals surface area contributed by atoms with Gasteiger partial charge in [0.15, 0.2) is 5.76 Å². The summed E-state index contributed by atoms with van der Waals surface area (Å²) in [4.78, 5) is 35.1. The summed E-state index contributed by atoms with van der Waals surface area (Å²) in [6, 6.07) is 3.71. The molecule has 3 aliphatic rings. The maximum Gasteiger partial charge on any atom is 0.289 e. The second-order valence-corrected chi connectivity index (χ2v) is 9.16. The van der Waals surface area contributed by atoms with Crippen LogP contribution in [0.2, 0.25) is 0 Å². The van der Waals surface area contributed by atoms with Gasteiger partial charge in [0, 0.05) is 44.3 Å². The molecule has 2 atom stereocenters. The quantitative estimate of drug-likeness (QED) is 0.779. The highest BCUT2D eigenvalue weighted by Gasteiger charge is 2.59. The van der Waals surface area contributed by atoms with Crippen molar-refractivity contribution in [1.29, 1.82) is 0 Å². The van der Waals surface area contributed by atoms with E-state index in [1.165, 1.54) is 19.1 Å². The van der Waals surface area contributed by atoms with Crippen molar-refractivity contribution in [3.05, 3.63) is 42.4 Å². The molecular formula is C22H28N4O3. The van der Waals surface area contributed by atoms with Gasteiger partial charge in [0.1, 0.15) is 0 Å². The maximum atomic E-state index is 13.6. The highest BCUT2D eigenvalue weighted by Crippen LogP contribution is 2.50. The first-order chi connectivity index (χ1) is 14.0. The predicted molar refractivity (Wildman–Crippen MR) is 106 cm³/mol. The average molecular weight is 396 g/mol. The van der Waals surface area contributed by atoms with Crippen molar-refractivity contribution in [3.8, 4) is 0 Å². The van der Waals surface area contributed by atoms with Gasteiger partial charge in [-0.1, -0.05) is 0 Å². The molecule has 29 heavy (non-hydrogen) atoms. The second kappa shape index (κ2) is 6.75. The lowest BCUT2D eigenvalue weighted by molar-refractivity contribution is -0.136. The molecule has 1 aliphatic carbocycles. The van der Waals surface area contributed by atoms with Gasteiger partial charge >= 0.3 is 0 Å². The zero-order valence-corrected chi connectivity index (χ0v) is 17.1. The molecule has 4 heterocycles. The Hall–Kier alpha value is -2.57. The summed E-state index contributed by atoms with van der Waals surface area (Å²) in [5, 5.41) is 0. The summed E-state index contributed by atoms with van der Waals surface area (Å²) >= 11 is 0. The van der Waals surface area contributed by atoms with Gasteiger partial charge in [0.2, 0.25) is 5.91 Å². The minimum Gasteiger partial charge on any atom is -0.459 e. The number of rotatable bonds is 5. The fraction of sp³-hybridized carbons (Fsp3) is 0.591. The van der Waals surface area contributed by atoms with Crippen LogP contribution in [0.3, 0.4) is 0 Å². The number of carbonyl (C=O) groups excluding carboxylic acids is 2. The number of hydrogen-bond donors (Lipinski definition) is 0. The van der Waals surface area contributed by atoms with E-state index in [9.17, 15) is 9.59 Å². The highest BCUT2D eigenvalue weighted by atomic mass is 16.3. The van der Waals surface area contributed by atoms with Gasteiger partial charge in [0.05, 0.1) is 23.7 Å². The largest absolute Gasteiger partial charge is 0.459 e.